The van der Waals surface area contributed by atoms with E-state index < -0.39 is 9.72 Å². The van der Waals surface area contributed by atoms with Gasteiger partial charge in [0.1, 0.15) is 6.10 Å². The Morgan fingerprint density at radius 1 is 1.03 bits per heavy atom. The monoisotopic (exact) mass is 566 g/mol. The largest absolute Gasteiger partial charge is 0.450 e. The zero-order valence-electron chi connectivity index (χ0n) is 22.3. The molecule has 0 aromatic heterocycles. The fourth-order valence-corrected chi connectivity index (χ4v) is 9.01. The van der Waals surface area contributed by atoms with E-state index in [1.165, 1.54) is 51.4 Å². The molecule has 6 heteroatoms. The molecule has 4 aliphatic rings. The zero-order valence-corrected chi connectivity index (χ0v) is 25.3. The minimum atomic E-state index is -0.750. The van der Waals surface area contributed by atoms with Gasteiger partial charge in [0.2, 0.25) is 0 Å². The van der Waals surface area contributed by atoms with Crippen molar-refractivity contribution in [2.75, 3.05) is 0 Å². The second-order valence-corrected chi connectivity index (χ2v) is 15.0. The third kappa shape index (κ3) is 6.88. The fraction of sp³-hybridized carbons (Fsp3) is 0.897. The highest BCUT2D eigenvalue weighted by molar-refractivity contribution is 6.63. The maximum absolute atomic E-state index is 11.2. The van der Waals surface area contributed by atoms with Gasteiger partial charge < -0.3 is 4.74 Å². The van der Waals surface area contributed by atoms with E-state index in [0.717, 1.165) is 54.8 Å². The highest BCUT2D eigenvalue weighted by Crippen LogP contribution is 2.67. The molecule has 4 aliphatic carbocycles. The Labute approximate surface area is 234 Å². The van der Waals surface area contributed by atoms with Crippen LogP contribution in [0.5, 0.6) is 0 Å². The second kappa shape index (κ2) is 12.5. The van der Waals surface area contributed by atoms with E-state index >= 15 is 0 Å². The van der Waals surface area contributed by atoms with Gasteiger partial charge in [0, 0.05) is 18.0 Å². The van der Waals surface area contributed by atoms with Gasteiger partial charge in [0.15, 0.2) is 4.30 Å². The van der Waals surface area contributed by atoms with Crippen LogP contribution in [0.3, 0.4) is 0 Å². The summed E-state index contributed by atoms with van der Waals surface area (Å²) in [4.78, 5) is 11.2. The van der Waals surface area contributed by atoms with Crippen molar-refractivity contribution in [1.29, 1.82) is 0 Å². The minimum absolute atomic E-state index is 0.0164. The van der Waals surface area contributed by atoms with Crippen molar-refractivity contribution in [3.63, 3.8) is 0 Å². The van der Waals surface area contributed by atoms with Crippen LogP contribution in [0.2, 0.25) is 0 Å². The van der Waals surface area contributed by atoms with Gasteiger partial charge >= 0.3 is 5.43 Å². The fourth-order valence-electron chi connectivity index (χ4n) is 8.88. The van der Waals surface area contributed by atoms with Crippen LogP contribution in [0.1, 0.15) is 105 Å². The molecule has 0 radical (unpaired) electrons. The Kier molecular flexibility index (Phi) is 10.7. The first-order chi connectivity index (χ1) is 16.4. The summed E-state index contributed by atoms with van der Waals surface area (Å²) in [5.41, 5.74) is 1.77. The van der Waals surface area contributed by atoms with Crippen LogP contribution in [0.4, 0.5) is 4.79 Å². The molecule has 0 aromatic carbocycles. The van der Waals surface area contributed by atoms with Gasteiger partial charge in [-0.3, -0.25) is 0 Å². The van der Waals surface area contributed by atoms with Gasteiger partial charge in [-0.2, -0.15) is 0 Å². The van der Waals surface area contributed by atoms with E-state index in [1.54, 1.807) is 5.57 Å². The van der Waals surface area contributed by atoms with Crippen LogP contribution in [-0.2, 0) is 4.74 Å². The summed E-state index contributed by atoms with van der Waals surface area (Å²) in [6.07, 6.45) is 16.7. The first kappa shape index (κ1) is 29.9. The summed E-state index contributed by atoms with van der Waals surface area (Å²) in [6, 6.07) is 0. The van der Waals surface area contributed by atoms with Crippen molar-refractivity contribution in [3.8, 4) is 0 Å². The zero-order chi connectivity index (χ0) is 26.0. The highest BCUT2D eigenvalue weighted by Gasteiger charge is 2.59. The van der Waals surface area contributed by atoms with E-state index in [1.807, 2.05) is 0 Å². The minimum Gasteiger partial charge on any atom is -0.450 e. The Hall–Kier alpha value is 0.370. The number of carbonyl (C=O) groups excluding carboxylic acids is 1. The average molecular weight is 568 g/mol. The molecule has 2 nitrogen and oxygen atoms in total. The molecule has 8 atom stereocenters. The molecule has 35 heavy (non-hydrogen) atoms. The molecule has 0 aromatic rings. The number of carbonyl (C=O) groups is 1. The molecule has 0 N–H and O–H groups in total. The number of rotatable bonds is 6. The van der Waals surface area contributed by atoms with Crippen molar-refractivity contribution >= 4 is 51.8 Å². The number of halogens is 4. The number of ether oxygens (including phenoxy) is 1. The standard InChI is InChI=1S/C28H45ClO2.CHCl3/c1-18(2)7-6-8-19(3)23-11-12-24-22-10-9-20-17-21(31-26(29)30)13-15-27(20,4)25(22)14-16-28(23,24)5;2-1(3)4/h9,18-19,21-25H,6-8,10-17H2,1-5H3;1H/t19-,21+,22+,23-,24+,25+,27+,28-;/m1./s1. The molecule has 0 unspecified atom stereocenters. The number of alkyl halides is 3. The van der Waals surface area contributed by atoms with Gasteiger partial charge in [-0.25, -0.2) is 4.79 Å². The van der Waals surface area contributed by atoms with E-state index in [-0.39, 0.29) is 6.10 Å². The first-order valence-electron chi connectivity index (χ1n) is 13.9. The molecule has 0 aliphatic heterocycles. The maximum Gasteiger partial charge on any atom is 0.404 e. The van der Waals surface area contributed by atoms with Crippen molar-refractivity contribution in [2.45, 2.75) is 116 Å². The molecular weight excluding hydrogens is 522 g/mol. The molecule has 4 rings (SSSR count). The maximum atomic E-state index is 11.2. The summed E-state index contributed by atoms with van der Waals surface area (Å²) < 4.78 is 4.63. The van der Waals surface area contributed by atoms with Crippen molar-refractivity contribution in [1.82, 2.24) is 0 Å². The predicted octanol–water partition coefficient (Wildman–Crippen LogP) is 10.8. The molecular formula is C29H46Cl4O2. The number of fused-ring (bicyclic) bond motifs is 5. The Morgan fingerprint density at radius 2 is 1.71 bits per heavy atom. The quantitative estimate of drug-likeness (QED) is 0.181. The summed E-state index contributed by atoms with van der Waals surface area (Å²) in [6.45, 7) is 12.5. The van der Waals surface area contributed by atoms with Crippen molar-refractivity contribution < 1.29 is 9.53 Å². The van der Waals surface area contributed by atoms with E-state index in [9.17, 15) is 4.79 Å². The molecule has 0 saturated heterocycles. The lowest BCUT2D eigenvalue weighted by atomic mass is 9.47. The van der Waals surface area contributed by atoms with Crippen LogP contribution >= 0.6 is 46.4 Å². The van der Waals surface area contributed by atoms with Gasteiger partial charge in [-0.15, -0.1) is 0 Å². The molecule has 202 valence electrons. The molecule has 3 saturated carbocycles. The van der Waals surface area contributed by atoms with Gasteiger partial charge in [0.05, 0.1) is 0 Å². The van der Waals surface area contributed by atoms with E-state index in [2.05, 4.69) is 40.7 Å². The van der Waals surface area contributed by atoms with Gasteiger partial charge in [0.25, 0.3) is 0 Å². The average Bonchev–Trinajstić information content (AvgIpc) is 3.10. The third-order valence-electron chi connectivity index (χ3n) is 10.5. The van der Waals surface area contributed by atoms with E-state index in [0.29, 0.717) is 10.8 Å². The van der Waals surface area contributed by atoms with Crippen molar-refractivity contribution in [2.24, 2.45) is 46.3 Å². The van der Waals surface area contributed by atoms with Crippen molar-refractivity contribution in [3.05, 3.63) is 11.6 Å². The molecule has 0 bridgehead atoms. The summed E-state index contributed by atoms with van der Waals surface area (Å²) in [5, 5.41) is 0. The summed E-state index contributed by atoms with van der Waals surface area (Å²) in [7, 11) is 0. The van der Waals surface area contributed by atoms with Crippen LogP contribution in [0.25, 0.3) is 0 Å². The van der Waals surface area contributed by atoms with Gasteiger partial charge in [-0.05, 0) is 91.3 Å². The number of hydrogen-bond acceptors (Lipinski definition) is 2. The Morgan fingerprint density at radius 3 is 2.34 bits per heavy atom. The predicted molar refractivity (Wildman–Crippen MR) is 151 cm³/mol. The first-order valence-corrected chi connectivity index (χ1v) is 15.5. The lowest BCUT2D eigenvalue weighted by molar-refractivity contribution is -0.0573. The van der Waals surface area contributed by atoms with Crippen LogP contribution in [-0.4, -0.2) is 15.8 Å². The SMILES string of the molecule is CC(C)CCC[C@@H](C)[C@H]1CC[C@H]2[C@@H]3CC=C4C[C@@H](OC(=O)Cl)CC[C@]4(C)[C@H]3CC[C@]12C.ClC(Cl)Cl. The van der Waals surface area contributed by atoms with Crippen LogP contribution in [0, 0.1) is 46.3 Å². The number of hydrogen-bond donors (Lipinski definition) is 0. The molecule has 3 fully saturated rings. The van der Waals surface area contributed by atoms with E-state index in [4.69, 9.17) is 51.1 Å². The smallest absolute Gasteiger partial charge is 0.404 e. The van der Waals surface area contributed by atoms with Crippen LogP contribution < -0.4 is 0 Å². The summed E-state index contributed by atoms with van der Waals surface area (Å²) in [5.74, 6) is 5.19. The molecule has 0 spiro atoms. The van der Waals surface area contributed by atoms with Gasteiger partial charge in [-0.1, -0.05) is 100 Å². The Bertz CT molecular complexity index is 750. The lowest BCUT2D eigenvalue weighted by Gasteiger charge is -2.58. The topological polar surface area (TPSA) is 26.3 Å². The number of allylic oxidation sites excluding steroid dienone is 1. The normalized spacial score (nSPS) is 39.1. The van der Waals surface area contributed by atoms with Crippen LogP contribution in [0.15, 0.2) is 11.6 Å². The molecule has 0 heterocycles. The Balaban J connectivity index is 0.000000795. The molecule has 0 amide bonds. The summed E-state index contributed by atoms with van der Waals surface area (Å²) >= 11 is 19.9. The highest BCUT2D eigenvalue weighted by atomic mass is 35.6. The lowest BCUT2D eigenvalue weighted by Crippen LogP contribution is -2.51. The second-order valence-electron chi connectivity index (χ2n) is 12.8. The third-order valence-corrected chi connectivity index (χ3v) is 10.6.